The van der Waals surface area contributed by atoms with Gasteiger partial charge < -0.3 is 15.0 Å². The number of methoxy groups -OCH3 is 1. The number of likely N-dealkylation sites (N-methyl/N-ethyl adjacent to an activating group) is 1. The van der Waals surface area contributed by atoms with Gasteiger partial charge in [0, 0.05) is 26.1 Å². The normalized spacial score (nSPS) is 10.7. The Morgan fingerprint density at radius 1 is 1.16 bits per heavy atom. The lowest BCUT2D eigenvalue weighted by Crippen LogP contribution is -2.32. The van der Waals surface area contributed by atoms with Crippen molar-refractivity contribution in [3.63, 3.8) is 0 Å². The van der Waals surface area contributed by atoms with Crippen LogP contribution in [0.1, 0.15) is 17.5 Å². The number of benzene rings is 2. The third-order valence-electron chi connectivity index (χ3n) is 3.97. The number of carbonyl (C=O) groups is 1. The highest BCUT2D eigenvalue weighted by atomic mass is 79.9. The zero-order valence-corrected chi connectivity index (χ0v) is 16.4. The highest BCUT2D eigenvalue weighted by Gasteiger charge is 2.06. The van der Waals surface area contributed by atoms with E-state index in [0.717, 1.165) is 28.9 Å². The zero-order valence-electron chi connectivity index (χ0n) is 14.8. The number of aryl methyl sites for hydroxylation is 1. The minimum Gasteiger partial charge on any atom is -0.496 e. The summed E-state index contributed by atoms with van der Waals surface area (Å²) in [5, 5.41) is 2.99. The van der Waals surface area contributed by atoms with E-state index in [-0.39, 0.29) is 5.91 Å². The fourth-order valence-corrected chi connectivity index (χ4v) is 3.16. The topological polar surface area (TPSA) is 41.6 Å². The van der Waals surface area contributed by atoms with Gasteiger partial charge in [-0.1, -0.05) is 36.4 Å². The number of nitrogens with one attached hydrogen (secondary N) is 1. The lowest BCUT2D eigenvalue weighted by atomic mass is 10.1. The lowest BCUT2D eigenvalue weighted by Gasteiger charge is -2.17. The molecule has 1 amide bonds. The molecule has 0 saturated carbocycles. The summed E-state index contributed by atoms with van der Waals surface area (Å²) in [4.78, 5) is 14.2. The maximum atomic E-state index is 12.0. The van der Waals surface area contributed by atoms with Crippen molar-refractivity contribution in [1.82, 2.24) is 10.2 Å². The molecule has 0 aliphatic heterocycles. The van der Waals surface area contributed by atoms with Gasteiger partial charge in [0.25, 0.3) is 0 Å². The zero-order chi connectivity index (χ0) is 18.1. The molecule has 2 aromatic carbocycles. The van der Waals surface area contributed by atoms with Crippen molar-refractivity contribution in [3.8, 4) is 5.75 Å². The van der Waals surface area contributed by atoms with Crippen molar-refractivity contribution in [2.24, 2.45) is 0 Å². The first-order chi connectivity index (χ1) is 12.1. The maximum absolute atomic E-state index is 12.0. The number of rotatable bonds is 9. The van der Waals surface area contributed by atoms with Gasteiger partial charge in [-0.3, -0.25) is 4.79 Å². The van der Waals surface area contributed by atoms with Crippen LogP contribution in [0.15, 0.2) is 53.0 Å². The fraction of sp³-hybridized carbons (Fsp3) is 0.350. The number of hydrogen-bond acceptors (Lipinski definition) is 3. The van der Waals surface area contributed by atoms with E-state index < -0.39 is 0 Å². The van der Waals surface area contributed by atoms with Gasteiger partial charge in [-0.05, 0) is 52.7 Å². The van der Waals surface area contributed by atoms with Gasteiger partial charge in [0.1, 0.15) is 5.75 Å². The minimum absolute atomic E-state index is 0.0834. The Hall–Kier alpha value is -1.85. The molecule has 2 aromatic rings. The van der Waals surface area contributed by atoms with Crippen molar-refractivity contribution in [1.29, 1.82) is 0 Å². The summed E-state index contributed by atoms with van der Waals surface area (Å²) in [6, 6.07) is 16.2. The average molecular weight is 405 g/mol. The Kier molecular flexibility index (Phi) is 7.95. The molecule has 0 aromatic heterocycles. The van der Waals surface area contributed by atoms with Crippen LogP contribution in [0.2, 0.25) is 0 Å². The third kappa shape index (κ3) is 6.88. The average Bonchev–Trinajstić information content (AvgIpc) is 2.61. The highest BCUT2D eigenvalue weighted by molar-refractivity contribution is 9.10. The Morgan fingerprint density at radius 3 is 2.60 bits per heavy atom. The van der Waals surface area contributed by atoms with Gasteiger partial charge >= 0.3 is 0 Å². The summed E-state index contributed by atoms with van der Waals surface area (Å²) in [7, 11) is 3.70. The van der Waals surface area contributed by atoms with Crippen molar-refractivity contribution < 1.29 is 9.53 Å². The van der Waals surface area contributed by atoms with E-state index in [9.17, 15) is 4.79 Å². The third-order valence-corrected chi connectivity index (χ3v) is 4.59. The van der Waals surface area contributed by atoms with Gasteiger partial charge in [-0.15, -0.1) is 0 Å². The Morgan fingerprint density at radius 2 is 1.92 bits per heavy atom. The molecular formula is C20H25BrN2O2. The summed E-state index contributed by atoms with van der Waals surface area (Å²) >= 11 is 3.47. The molecule has 0 radical (unpaired) electrons. The molecule has 1 N–H and O–H groups in total. The van der Waals surface area contributed by atoms with Gasteiger partial charge in [0.2, 0.25) is 5.91 Å². The van der Waals surface area contributed by atoms with Crippen LogP contribution in [0.25, 0.3) is 0 Å². The van der Waals surface area contributed by atoms with Crippen molar-refractivity contribution >= 4 is 21.8 Å². The smallest absolute Gasteiger partial charge is 0.220 e. The van der Waals surface area contributed by atoms with Crippen LogP contribution in [0.3, 0.4) is 0 Å². The Bertz CT molecular complexity index is 677. The first-order valence-electron chi connectivity index (χ1n) is 8.40. The molecule has 0 aliphatic carbocycles. The van der Waals surface area contributed by atoms with E-state index in [4.69, 9.17) is 4.74 Å². The summed E-state index contributed by atoms with van der Waals surface area (Å²) in [6.45, 7) is 2.37. The van der Waals surface area contributed by atoms with E-state index in [0.29, 0.717) is 19.4 Å². The molecule has 0 unspecified atom stereocenters. The Balaban J connectivity index is 1.66. The monoisotopic (exact) mass is 404 g/mol. The first kappa shape index (κ1) is 19.5. The molecule has 0 fully saturated rings. The lowest BCUT2D eigenvalue weighted by molar-refractivity contribution is -0.121. The van der Waals surface area contributed by atoms with Crippen LogP contribution < -0.4 is 10.1 Å². The highest BCUT2D eigenvalue weighted by Crippen LogP contribution is 2.25. The van der Waals surface area contributed by atoms with Gasteiger partial charge in [0.05, 0.1) is 11.6 Å². The Labute approximate surface area is 158 Å². The molecule has 0 heterocycles. The maximum Gasteiger partial charge on any atom is 0.220 e. The molecule has 5 heteroatoms. The molecule has 2 rings (SSSR count). The second kappa shape index (κ2) is 10.2. The predicted molar refractivity (Wildman–Crippen MR) is 105 cm³/mol. The van der Waals surface area contributed by atoms with Crippen LogP contribution >= 0.6 is 15.9 Å². The molecule has 134 valence electrons. The summed E-state index contributed by atoms with van der Waals surface area (Å²) in [6.07, 6.45) is 1.20. The molecular weight excluding hydrogens is 380 g/mol. The number of amides is 1. The summed E-state index contributed by atoms with van der Waals surface area (Å²) in [5.41, 5.74) is 2.39. The molecule has 0 atom stereocenters. The van der Waals surface area contributed by atoms with Gasteiger partial charge in [-0.25, -0.2) is 0 Å². The van der Waals surface area contributed by atoms with Crippen LogP contribution in [0, 0.1) is 0 Å². The second-order valence-corrected chi connectivity index (χ2v) is 6.90. The van der Waals surface area contributed by atoms with E-state index in [1.807, 2.05) is 36.4 Å². The van der Waals surface area contributed by atoms with Crippen molar-refractivity contribution in [2.75, 3.05) is 27.2 Å². The molecule has 0 saturated heterocycles. The largest absolute Gasteiger partial charge is 0.496 e. The van der Waals surface area contributed by atoms with Gasteiger partial charge in [0.15, 0.2) is 0 Å². The SMILES string of the molecule is COc1ccc(CCC(=O)NCCN(C)Cc2ccccc2)cc1Br. The van der Waals surface area contributed by atoms with Crippen LogP contribution in [0.5, 0.6) is 5.75 Å². The van der Waals surface area contributed by atoms with Crippen LogP contribution in [-0.2, 0) is 17.8 Å². The number of hydrogen-bond donors (Lipinski definition) is 1. The number of carbonyl (C=O) groups excluding carboxylic acids is 1. The van der Waals surface area contributed by atoms with E-state index in [1.165, 1.54) is 5.56 Å². The molecule has 25 heavy (non-hydrogen) atoms. The number of halogens is 1. The standard InChI is InChI=1S/C20H25BrN2O2/c1-23(15-17-6-4-3-5-7-17)13-12-22-20(24)11-9-16-8-10-19(25-2)18(21)14-16/h3-8,10,14H,9,11-13,15H2,1-2H3,(H,22,24). The second-order valence-electron chi connectivity index (χ2n) is 6.04. The van der Waals surface area contributed by atoms with E-state index in [2.05, 4.69) is 45.3 Å². The van der Waals surface area contributed by atoms with Gasteiger partial charge in [-0.2, -0.15) is 0 Å². The minimum atomic E-state index is 0.0834. The predicted octanol–water partition coefficient (Wildman–Crippen LogP) is 3.64. The number of ether oxygens (including phenoxy) is 1. The first-order valence-corrected chi connectivity index (χ1v) is 9.19. The number of nitrogens with zero attached hydrogens (tertiary/aromatic N) is 1. The molecule has 4 nitrogen and oxygen atoms in total. The fourth-order valence-electron chi connectivity index (χ4n) is 2.57. The van der Waals surface area contributed by atoms with Crippen molar-refractivity contribution in [2.45, 2.75) is 19.4 Å². The molecule has 0 spiro atoms. The van der Waals surface area contributed by atoms with Crippen LogP contribution in [-0.4, -0.2) is 38.1 Å². The quantitative estimate of drug-likeness (QED) is 0.693. The van der Waals surface area contributed by atoms with Crippen LogP contribution in [0.4, 0.5) is 0 Å². The van der Waals surface area contributed by atoms with Crippen molar-refractivity contribution in [3.05, 3.63) is 64.1 Å². The molecule has 0 aliphatic rings. The summed E-state index contributed by atoms with van der Waals surface area (Å²) in [5.74, 6) is 0.884. The summed E-state index contributed by atoms with van der Waals surface area (Å²) < 4.78 is 6.13. The molecule has 0 bridgehead atoms. The van der Waals surface area contributed by atoms with E-state index in [1.54, 1.807) is 7.11 Å². The van der Waals surface area contributed by atoms with E-state index >= 15 is 0 Å².